The molecular formula is C15H13Br2FO2. The van der Waals surface area contributed by atoms with Crippen LogP contribution in [0.5, 0.6) is 11.5 Å². The zero-order chi connectivity index (χ0) is 14.5. The zero-order valence-corrected chi connectivity index (χ0v) is 14.0. The van der Waals surface area contributed by atoms with Crippen molar-refractivity contribution in [1.82, 2.24) is 0 Å². The van der Waals surface area contributed by atoms with Crippen LogP contribution in [0.4, 0.5) is 4.39 Å². The van der Waals surface area contributed by atoms with Crippen LogP contribution in [0.15, 0.2) is 40.9 Å². The third-order valence-electron chi connectivity index (χ3n) is 2.78. The Kier molecular flexibility index (Phi) is 5.43. The molecule has 20 heavy (non-hydrogen) atoms. The zero-order valence-electron chi connectivity index (χ0n) is 10.8. The molecule has 0 amide bonds. The highest BCUT2D eigenvalue weighted by Crippen LogP contribution is 2.27. The molecule has 0 fully saturated rings. The predicted molar refractivity (Wildman–Crippen MR) is 84.1 cm³/mol. The summed E-state index contributed by atoms with van der Waals surface area (Å²) in [4.78, 5) is 0. The summed E-state index contributed by atoms with van der Waals surface area (Å²) >= 11 is 6.76. The van der Waals surface area contributed by atoms with Crippen LogP contribution in [-0.2, 0) is 11.9 Å². The molecule has 0 spiro atoms. The van der Waals surface area contributed by atoms with E-state index in [0.717, 1.165) is 21.3 Å². The maximum absolute atomic E-state index is 13.1. The van der Waals surface area contributed by atoms with Crippen LogP contribution >= 0.6 is 31.9 Å². The van der Waals surface area contributed by atoms with Gasteiger partial charge in [0.1, 0.15) is 23.9 Å². The molecule has 2 nitrogen and oxygen atoms in total. The average molecular weight is 404 g/mol. The van der Waals surface area contributed by atoms with Crippen molar-refractivity contribution in [2.45, 2.75) is 11.9 Å². The van der Waals surface area contributed by atoms with Crippen LogP contribution in [0.2, 0.25) is 0 Å². The summed E-state index contributed by atoms with van der Waals surface area (Å²) in [5.41, 5.74) is 1.79. The van der Waals surface area contributed by atoms with Gasteiger partial charge < -0.3 is 9.47 Å². The maximum atomic E-state index is 13.1. The minimum absolute atomic E-state index is 0.265. The standard InChI is InChI=1S/C15H13Br2FO2/c1-19-15-4-2-10(6-13(15)17)9-20-14-5-3-12(18)7-11(14)8-16/h2-7H,8-9H2,1H3. The van der Waals surface area contributed by atoms with Gasteiger partial charge in [-0.25, -0.2) is 4.39 Å². The number of hydrogen-bond acceptors (Lipinski definition) is 2. The molecular weight excluding hydrogens is 391 g/mol. The molecule has 2 aromatic carbocycles. The van der Waals surface area contributed by atoms with E-state index in [9.17, 15) is 4.39 Å². The SMILES string of the molecule is COc1ccc(COc2ccc(F)cc2CBr)cc1Br. The van der Waals surface area contributed by atoms with Gasteiger partial charge in [0, 0.05) is 10.9 Å². The van der Waals surface area contributed by atoms with E-state index in [1.165, 1.54) is 12.1 Å². The van der Waals surface area contributed by atoms with E-state index in [2.05, 4.69) is 31.9 Å². The van der Waals surface area contributed by atoms with Crippen molar-refractivity contribution in [2.24, 2.45) is 0 Å². The fourth-order valence-corrected chi connectivity index (χ4v) is 2.78. The second-order valence-electron chi connectivity index (χ2n) is 4.14. The largest absolute Gasteiger partial charge is 0.496 e. The van der Waals surface area contributed by atoms with E-state index < -0.39 is 0 Å². The molecule has 5 heteroatoms. The van der Waals surface area contributed by atoms with Crippen LogP contribution < -0.4 is 9.47 Å². The Morgan fingerprint density at radius 2 is 1.85 bits per heavy atom. The van der Waals surface area contributed by atoms with Gasteiger partial charge >= 0.3 is 0 Å². The lowest BCUT2D eigenvalue weighted by Gasteiger charge is -2.11. The molecule has 0 aliphatic carbocycles. The van der Waals surface area contributed by atoms with Crippen molar-refractivity contribution in [2.75, 3.05) is 7.11 Å². The summed E-state index contributed by atoms with van der Waals surface area (Å²) < 4.78 is 24.9. The number of methoxy groups -OCH3 is 1. The van der Waals surface area contributed by atoms with Crippen LogP contribution in [0.1, 0.15) is 11.1 Å². The summed E-state index contributed by atoms with van der Waals surface area (Å²) in [6.45, 7) is 0.411. The molecule has 106 valence electrons. The highest BCUT2D eigenvalue weighted by atomic mass is 79.9. The first-order chi connectivity index (χ1) is 9.63. The van der Waals surface area contributed by atoms with Gasteiger partial charge in [0.05, 0.1) is 11.6 Å². The third-order valence-corrected chi connectivity index (χ3v) is 4.00. The predicted octanol–water partition coefficient (Wildman–Crippen LogP) is 5.07. The van der Waals surface area contributed by atoms with Gasteiger partial charge in [-0.2, -0.15) is 0 Å². The molecule has 0 saturated carbocycles. The minimum Gasteiger partial charge on any atom is -0.496 e. The van der Waals surface area contributed by atoms with Crippen LogP contribution in [0.3, 0.4) is 0 Å². The first-order valence-corrected chi connectivity index (χ1v) is 7.85. The van der Waals surface area contributed by atoms with Crippen molar-refractivity contribution in [1.29, 1.82) is 0 Å². The number of hydrogen-bond donors (Lipinski definition) is 0. The minimum atomic E-state index is -0.265. The molecule has 0 aliphatic heterocycles. The number of benzene rings is 2. The first kappa shape index (κ1) is 15.3. The summed E-state index contributed by atoms with van der Waals surface area (Å²) in [6, 6.07) is 10.2. The fourth-order valence-electron chi connectivity index (χ4n) is 1.75. The molecule has 0 heterocycles. The number of alkyl halides is 1. The monoisotopic (exact) mass is 402 g/mol. The van der Waals surface area contributed by atoms with Crippen LogP contribution in [-0.4, -0.2) is 7.11 Å². The van der Waals surface area contributed by atoms with Gasteiger partial charge in [-0.1, -0.05) is 22.0 Å². The molecule has 0 aromatic heterocycles. The van der Waals surface area contributed by atoms with E-state index in [0.29, 0.717) is 17.7 Å². The molecule has 0 atom stereocenters. The van der Waals surface area contributed by atoms with Crippen molar-refractivity contribution in [3.05, 3.63) is 57.8 Å². The second-order valence-corrected chi connectivity index (χ2v) is 5.56. The molecule has 0 N–H and O–H groups in total. The van der Waals surface area contributed by atoms with Gasteiger partial charge in [-0.05, 0) is 51.8 Å². The Balaban J connectivity index is 2.10. The van der Waals surface area contributed by atoms with Crippen molar-refractivity contribution < 1.29 is 13.9 Å². The van der Waals surface area contributed by atoms with Crippen molar-refractivity contribution in [3.8, 4) is 11.5 Å². The fraction of sp³-hybridized carbons (Fsp3) is 0.200. The number of halogens is 3. The lowest BCUT2D eigenvalue weighted by atomic mass is 10.2. The highest BCUT2D eigenvalue weighted by molar-refractivity contribution is 9.10. The molecule has 0 radical (unpaired) electrons. The maximum Gasteiger partial charge on any atom is 0.133 e. The Hall–Kier alpha value is -1.07. The number of rotatable bonds is 5. The Morgan fingerprint density at radius 3 is 2.50 bits per heavy atom. The van der Waals surface area contributed by atoms with Gasteiger partial charge in [-0.15, -0.1) is 0 Å². The summed E-state index contributed by atoms with van der Waals surface area (Å²) in [7, 11) is 1.62. The van der Waals surface area contributed by atoms with E-state index in [1.54, 1.807) is 13.2 Å². The smallest absolute Gasteiger partial charge is 0.133 e. The molecule has 0 unspecified atom stereocenters. The number of ether oxygens (including phenoxy) is 2. The van der Waals surface area contributed by atoms with Gasteiger partial charge in [0.2, 0.25) is 0 Å². The van der Waals surface area contributed by atoms with E-state index in [4.69, 9.17) is 9.47 Å². The van der Waals surface area contributed by atoms with E-state index in [1.807, 2.05) is 18.2 Å². The van der Waals surface area contributed by atoms with Crippen molar-refractivity contribution >= 4 is 31.9 Å². The van der Waals surface area contributed by atoms with Gasteiger partial charge in [-0.3, -0.25) is 0 Å². The van der Waals surface area contributed by atoms with Crippen LogP contribution in [0.25, 0.3) is 0 Å². The molecule has 2 aromatic rings. The Morgan fingerprint density at radius 1 is 1.10 bits per heavy atom. The summed E-state index contributed by atoms with van der Waals surface area (Å²) in [5.74, 6) is 1.19. The molecule has 0 bridgehead atoms. The molecule has 0 saturated heterocycles. The Labute approximate surface area is 134 Å². The second kappa shape index (κ2) is 7.09. The normalized spacial score (nSPS) is 10.4. The highest BCUT2D eigenvalue weighted by Gasteiger charge is 2.06. The quantitative estimate of drug-likeness (QED) is 0.648. The van der Waals surface area contributed by atoms with Crippen LogP contribution in [0, 0.1) is 5.82 Å². The lowest BCUT2D eigenvalue weighted by molar-refractivity contribution is 0.303. The molecule has 0 aliphatic rings. The van der Waals surface area contributed by atoms with Crippen molar-refractivity contribution in [3.63, 3.8) is 0 Å². The van der Waals surface area contributed by atoms with E-state index >= 15 is 0 Å². The van der Waals surface area contributed by atoms with E-state index in [-0.39, 0.29) is 5.82 Å². The van der Waals surface area contributed by atoms with Gasteiger partial charge in [0.15, 0.2) is 0 Å². The first-order valence-electron chi connectivity index (χ1n) is 5.93. The third kappa shape index (κ3) is 3.73. The molecule has 2 rings (SSSR count). The topological polar surface area (TPSA) is 18.5 Å². The Bertz CT molecular complexity index is 602. The lowest BCUT2D eigenvalue weighted by Crippen LogP contribution is -1.99. The van der Waals surface area contributed by atoms with Gasteiger partial charge in [0.25, 0.3) is 0 Å². The summed E-state index contributed by atoms with van der Waals surface area (Å²) in [5, 5.41) is 0.548. The summed E-state index contributed by atoms with van der Waals surface area (Å²) in [6.07, 6.45) is 0. The average Bonchev–Trinajstić information content (AvgIpc) is 2.46.